The summed E-state index contributed by atoms with van der Waals surface area (Å²) in [7, 11) is 0. The molecule has 0 saturated heterocycles. The van der Waals surface area contributed by atoms with Crippen LogP contribution < -0.4 is 0 Å². The molecule has 2 unspecified atom stereocenters. The fourth-order valence-electron chi connectivity index (χ4n) is 2.85. The average Bonchev–Trinajstić information content (AvgIpc) is 2.49. The summed E-state index contributed by atoms with van der Waals surface area (Å²) in [5, 5.41) is 0. The summed E-state index contributed by atoms with van der Waals surface area (Å²) >= 11 is 0. The molecule has 122 valence electrons. The second-order valence-corrected chi connectivity index (χ2v) is 5.84. The lowest BCUT2D eigenvalue weighted by Crippen LogP contribution is -2.01. The van der Waals surface area contributed by atoms with Crippen molar-refractivity contribution in [1.82, 2.24) is 0 Å². The Morgan fingerprint density at radius 1 is 0.750 bits per heavy atom. The maximum Gasteiger partial charge on any atom is -0.0239 e. The lowest BCUT2D eigenvalue weighted by Gasteiger charge is -2.16. The van der Waals surface area contributed by atoms with E-state index in [1.807, 2.05) is 13.8 Å². The van der Waals surface area contributed by atoms with Crippen LogP contribution in [0.2, 0.25) is 0 Å². The first-order valence-corrected chi connectivity index (χ1v) is 9.40. The van der Waals surface area contributed by atoms with E-state index in [4.69, 9.17) is 0 Å². The van der Waals surface area contributed by atoms with Gasteiger partial charge < -0.3 is 0 Å². The number of hydrogen-bond donors (Lipinski definition) is 0. The molecule has 0 aromatic rings. The Morgan fingerprint density at radius 3 is 1.75 bits per heavy atom. The minimum absolute atomic E-state index is 0.759. The molecule has 20 heavy (non-hydrogen) atoms. The molecule has 0 spiro atoms. The average molecular weight is 283 g/mol. The van der Waals surface area contributed by atoms with Gasteiger partial charge in [0.05, 0.1) is 0 Å². The minimum Gasteiger partial charge on any atom is -0.103 e. The van der Waals surface area contributed by atoms with Crippen LogP contribution in [0.3, 0.4) is 0 Å². The molecule has 0 rings (SSSR count). The van der Waals surface area contributed by atoms with E-state index in [2.05, 4.69) is 33.4 Å². The van der Waals surface area contributed by atoms with Crippen LogP contribution >= 0.6 is 0 Å². The van der Waals surface area contributed by atoms with Gasteiger partial charge in [-0.25, -0.2) is 0 Å². The molecular weight excluding hydrogens is 240 g/mol. The number of allylic oxidation sites excluding steroid dienone is 1. The Labute approximate surface area is 130 Å². The molecule has 0 nitrogen and oxygen atoms in total. The van der Waals surface area contributed by atoms with Crippen LogP contribution in [0.5, 0.6) is 0 Å². The van der Waals surface area contributed by atoms with E-state index in [1.165, 1.54) is 70.6 Å². The van der Waals surface area contributed by atoms with Crippen molar-refractivity contribution in [2.45, 2.75) is 105 Å². The van der Waals surface area contributed by atoms with Crippen LogP contribution in [0.25, 0.3) is 0 Å². The molecule has 0 radical (unpaired) electrons. The van der Waals surface area contributed by atoms with Gasteiger partial charge in [-0.2, -0.15) is 0 Å². The Hall–Kier alpha value is -0.260. The molecule has 0 aromatic carbocycles. The van der Waals surface area contributed by atoms with Crippen LogP contribution in [0.15, 0.2) is 12.7 Å². The minimum atomic E-state index is 0.759. The highest BCUT2D eigenvalue weighted by molar-refractivity contribution is 4.77. The predicted molar refractivity (Wildman–Crippen MR) is 96.3 cm³/mol. The maximum atomic E-state index is 3.93. The van der Waals surface area contributed by atoms with Gasteiger partial charge in [-0.3, -0.25) is 0 Å². The third-order valence-electron chi connectivity index (χ3n) is 4.21. The Bertz CT molecular complexity index is 171. The second kappa shape index (κ2) is 18.7. The molecule has 0 aliphatic rings. The monoisotopic (exact) mass is 282 g/mol. The molecule has 0 heterocycles. The molecule has 2 atom stereocenters. The van der Waals surface area contributed by atoms with Gasteiger partial charge in [0.2, 0.25) is 0 Å². The summed E-state index contributed by atoms with van der Waals surface area (Å²) in [5.74, 6) is 1.76. The summed E-state index contributed by atoms with van der Waals surface area (Å²) in [6, 6.07) is 0. The highest BCUT2D eigenvalue weighted by atomic mass is 14.1. The van der Waals surface area contributed by atoms with E-state index in [1.54, 1.807) is 0 Å². The highest BCUT2D eigenvalue weighted by Crippen LogP contribution is 2.23. The number of rotatable bonds is 13. The maximum absolute atomic E-state index is 3.93. The summed E-state index contributed by atoms with van der Waals surface area (Å²) in [6.07, 6.45) is 17.6. The summed E-state index contributed by atoms with van der Waals surface area (Å²) < 4.78 is 0. The van der Waals surface area contributed by atoms with Crippen LogP contribution in [-0.4, -0.2) is 0 Å². The van der Waals surface area contributed by atoms with E-state index in [-0.39, 0.29) is 0 Å². The van der Waals surface area contributed by atoms with E-state index >= 15 is 0 Å². The van der Waals surface area contributed by atoms with E-state index in [0.717, 1.165) is 11.8 Å². The summed E-state index contributed by atoms with van der Waals surface area (Å²) in [5.41, 5.74) is 0. The van der Waals surface area contributed by atoms with E-state index in [9.17, 15) is 0 Å². The number of hydrogen-bond acceptors (Lipinski definition) is 0. The van der Waals surface area contributed by atoms with Gasteiger partial charge >= 0.3 is 0 Å². The molecule has 0 aliphatic carbocycles. The zero-order chi connectivity index (χ0) is 15.6. The zero-order valence-corrected chi connectivity index (χ0v) is 15.2. The molecule has 0 heteroatoms. The Morgan fingerprint density at radius 2 is 1.30 bits per heavy atom. The standard InChI is InChI=1S/C18H36.C2H6/c1-5-9-10-15-18(13-6-2)16-12-11-14-17(7-3)8-4;1-2/h7,17-18H,3,5-6,8-16H2,1-2,4H3;1-2H3. The van der Waals surface area contributed by atoms with Crippen molar-refractivity contribution >= 4 is 0 Å². The molecule has 0 fully saturated rings. The Kier molecular flexibility index (Phi) is 20.6. The van der Waals surface area contributed by atoms with Crippen LogP contribution in [0.1, 0.15) is 105 Å². The highest BCUT2D eigenvalue weighted by Gasteiger charge is 2.08. The predicted octanol–water partition coefficient (Wildman–Crippen LogP) is 7.78. The first kappa shape index (κ1) is 22.0. The molecule has 0 N–H and O–H groups in total. The normalized spacial score (nSPS) is 13.2. The third kappa shape index (κ3) is 14.2. The van der Waals surface area contributed by atoms with Crippen molar-refractivity contribution in [2.75, 3.05) is 0 Å². The summed E-state index contributed by atoms with van der Waals surface area (Å²) in [4.78, 5) is 0. The topological polar surface area (TPSA) is 0 Å². The van der Waals surface area contributed by atoms with Crippen molar-refractivity contribution in [1.29, 1.82) is 0 Å². The lowest BCUT2D eigenvalue weighted by atomic mass is 9.90. The van der Waals surface area contributed by atoms with Crippen molar-refractivity contribution in [3.05, 3.63) is 12.7 Å². The van der Waals surface area contributed by atoms with Crippen LogP contribution in [-0.2, 0) is 0 Å². The molecule has 0 aromatic heterocycles. The van der Waals surface area contributed by atoms with E-state index < -0.39 is 0 Å². The second-order valence-electron chi connectivity index (χ2n) is 5.84. The first-order valence-electron chi connectivity index (χ1n) is 9.40. The van der Waals surface area contributed by atoms with Crippen molar-refractivity contribution < 1.29 is 0 Å². The molecular formula is C20H42. The van der Waals surface area contributed by atoms with Gasteiger partial charge in [0.1, 0.15) is 0 Å². The molecule has 0 saturated carbocycles. The van der Waals surface area contributed by atoms with Gasteiger partial charge in [0.15, 0.2) is 0 Å². The smallest absolute Gasteiger partial charge is 0.0239 e. The fraction of sp³-hybridized carbons (Fsp3) is 0.900. The van der Waals surface area contributed by atoms with Crippen LogP contribution in [0.4, 0.5) is 0 Å². The molecule has 0 amide bonds. The van der Waals surface area contributed by atoms with Gasteiger partial charge in [-0.05, 0) is 24.7 Å². The van der Waals surface area contributed by atoms with Gasteiger partial charge in [-0.1, -0.05) is 98.5 Å². The molecule has 0 aliphatic heterocycles. The largest absolute Gasteiger partial charge is 0.103 e. The van der Waals surface area contributed by atoms with Gasteiger partial charge in [-0.15, -0.1) is 6.58 Å². The quantitative estimate of drug-likeness (QED) is 0.239. The van der Waals surface area contributed by atoms with Crippen LogP contribution in [0, 0.1) is 11.8 Å². The van der Waals surface area contributed by atoms with Crippen molar-refractivity contribution in [3.8, 4) is 0 Å². The van der Waals surface area contributed by atoms with E-state index in [0.29, 0.717) is 0 Å². The SMILES string of the molecule is C=CC(CC)CCCCC(CCC)CCCCC.CC. The van der Waals surface area contributed by atoms with Crippen molar-refractivity contribution in [2.24, 2.45) is 11.8 Å². The zero-order valence-electron chi connectivity index (χ0n) is 15.2. The van der Waals surface area contributed by atoms with Gasteiger partial charge in [0, 0.05) is 0 Å². The Balaban J connectivity index is 0. The third-order valence-corrected chi connectivity index (χ3v) is 4.21. The van der Waals surface area contributed by atoms with Crippen molar-refractivity contribution in [3.63, 3.8) is 0 Å². The lowest BCUT2D eigenvalue weighted by molar-refractivity contribution is 0.375. The number of unbranched alkanes of at least 4 members (excludes halogenated alkanes) is 3. The molecule has 0 bridgehead atoms. The summed E-state index contributed by atoms with van der Waals surface area (Å²) in [6.45, 7) is 14.8. The fourth-order valence-corrected chi connectivity index (χ4v) is 2.85. The first-order chi connectivity index (χ1) is 9.78. The van der Waals surface area contributed by atoms with Gasteiger partial charge in [0.25, 0.3) is 0 Å².